The van der Waals surface area contributed by atoms with Crippen LogP contribution in [0.2, 0.25) is 0 Å². The highest BCUT2D eigenvalue weighted by Gasteiger charge is 2.10. The molecule has 1 aliphatic rings. The maximum Gasteiger partial charge on any atom is 0.0950 e. The van der Waals surface area contributed by atoms with Crippen LogP contribution < -0.4 is 5.32 Å². The van der Waals surface area contributed by atoms with Gasteiger partial charge in [0.25, 0.3) is 0 Å². The minimum absolute atomic E-state index is 0.0496. The van der Waals surface area contributed by atoms with Crippen LogP contribution in [0, 0.1) is 11.3 Å². The molecule has 1 fully saturated rings. The number of hydrogen-bond donors (Lipinski definition) is 1. The van der Waals surface area contributed by atoms with Gasteiger partial charge in [-0.25, -0.2) is 0 Å². The molecule has 3 heteroatoms. The average Bonchev–Trinajstić information content (AvgIpc) is 2.71. The molecule has 0 saturated carbocycles. The van der Waals surface area contributed by atoms with Gasteiger partial charge in [0, 0.05) is 0 Å². The van der Waals surface area contributed by atoms with Crippen LogP contribution in [0.25, 0.3) is 0 Å². The number of nitrogens with one attached hydrogen (secondary N) is 1. The monoisotopic (exact) mass is 195 g/mol. The summed E-state index contributed by atoms with van der Waals surface area (Å²) in [5.74, 6) is 0. The normalized spacial score (nSPS) is 19.4. The van der Waals surface area contributed by atoms with E-state index in [1.807, 2.05) is 6.92 Å². The molecule has 0 radical (unpaired) electrons. The lowest BCUT2D eigenvalue weighted by Crippen LogP contribution is -2.30. The Hall–Kier alpha value is -0.590. The molecule has 80 valence electrons. The van der Waals surface area contributed by atoms with Crippen molar-refractivity contribution in [2.45, 2.75) is 38.6 Å². The first-order valence-corrected chi connectivity index (χ1v) is 5.72. The van der Waals surface area contributed by atoms with Gasteiger partial charge in [-0.1, -0.05) is 6.92 Å². The Kier molecular flexibility index (Phi) is 5.58. The van der Waals surface area contributed by atoms with Crippen LogP contribution in [-0.4, -0.2) is 37.1 Å². The molecule has 0 aromatic heterocycles. The third kappa shape index (κ3) is 4.08. The first-order valence-electron chi connectivity index (χ1n) is 5.72. The predicted molar refractivity (Wildman–Crippen MR) is 58.0 cm³/mol. The summed E-state index contributed by atoms with van der Waals surface area (Å²) in [4.78, 5) is 2.51. The largest absolute Gasteiger partial charge is 0.303 e. The molecule has 0 aromatic rings. The Labute approximate surface area is 87.1 Å². The average molecular weight is 195 g/mol. The zero-order chi connectivity index (χ0) is 10.2. The SMILES string of the molecule is CCC(C#N)NCCCN1CCCC1. The summed E-state index contributed by atoms with van der Waals surface area (Å²) in [6.07, 6.45) is 4.80. The van der Waals surface area contributed by atoms with Gasteiger partial charge >= 0.3 is 0 Å². The van der Waals surface area contributed by atoms with E-state index < -0.39 is 0 Å². The topological polar surface area (TPSA) is 39.1 Å². The van der Waals surface area contributed by atoms with Crippen molar-refractivity contribution < 1.29 is 0 Å². The van der Waals surface area contributed by atoms with Crippen molar-refractivity contribution in [2.75, 3.05) is 26.2 Å². The van der Waals surface area contributed by atoms with Crippen molar-refractivity contribution in [2.24, 2.45) is 0 Å². The number of likely N-dealkylation sites (tertiary alicyclic amines) is 1. The van der Waals surface area contributed by atoms with Gasteiger partial charge in [0.15, 0.2) is 0 Å². The van der Waals surface area contributed by atoms with E-state index in [4.69, 9.17) is 5.26 Å². The summed E-state index contributed by atoms with van der Waals surface area (Å²) in [6, 6.07) is 2.31. The van der Waals surface area contributed by atoms with E-state index in [0.717, 1.165) is 19.4 Å². The van der Waals surface area contributed by atoms with Crippen molar-refractivity contribution in [1.29, 1.82) is 5.26 Å². The fourth-order valence-corrected chi connectivity index (χ4v) is 1.87. The van der Waals surface area contributed by atoms with Crippen LogP contribution in [0.5, 0.6) is 0 Å². The van der Waals surface area contributed by atoms with Crippen LogP contribution in [-0.2, 0) is 0 Å². The first-order chi connectivity index (χ1) is 6.86. The maximum atomic E-state index is 8.71. The fourth-order valence-electron chi connectivity index (χ4n) is 1.87. The molecule has 0 amide bonds. The molecule has 1 aliphatic heterocycles. The summed E-state index contributed by atoms with van der Waals surface area (Å²) < 4.78 is 0. The molecule has 3 nitrogen and oxygen atoms in total. The molecule has 1 N–H and O–H groups in total. The first kappa shape index (κ1) is 11.5. The Bertz CT molecular complexity index is 179. The van der Waals surface area contributed by atoms with E-state index in [1.54, 1.807) is 0 Å². The molecule has 1 saturated heterocycles. The molecular weight excluding hydrogens is 174 g/mol. The van der Waals surface area contributed by atoms with Gasteiger partial charge in [0.1, 0.15) is 0 Å². The highest BCUT2D eigenvalue weighted by molar-refractivity contribution is 4.88. The lowest BCUT2D eigenvalue weighted by molar-refractivity contribution is 0.329. The predicted octanol–water partition coefficient (Wildman–Crippen LogP) is 1.36. The van der Waals surface area contributed by atoms with Crippen LogP contribution in [0.3, 0.4) is 0 Å². The second-order valence-electron chi connectivity index (χ2n) is 3.95. The zero-order valence-corrected chi connectivity index (χ0v) is 9.13. The smallest absolute Gasteiger partial charge is 0.0950 e. The lowest BCUT2D eigenvalue weighted by Gasteiger charge is -2.15. The minimum Gasteiger partial charge on any atom is -0.303 e. The second kappa shape index (κ2) is 6.80. The number of nitrogens with zero attached hydrogens (tertiary/aromatic N) is 2. The highest BCUT2D eigenvalue weighted by Crippen LogP contribution is 2.06. The van der Waals surface area contributed by atoms with E-state index in [9.17, 15) is 0 Å². The quantitative estimate of drug-likeness (QED) is 0.650. The molecule has 1 heterocycles. The summed E-state index contributed by atoms with van der Waals surface area (Å²) in [7, 11) is 0. The number of nitriles is 1. The molecule has 0 aliphatic carbocycles. The lowest BCUT2D eigenvalue weighted by atomic mass is 10.2. The van der Waals surface area contributed by atoms with Gasteiger partial charge in [-0.3, -0.25) is 0 Å². The van der Waals surface area contributed by atoms with Crippen molar-refractivity contribution in [1.82, 2.24) is 10.2 Å². The van der Waals surface area contributed by atoms with Crippen molar-refractivity contribution in [3.8, 4) is 6.07 Å². The van der Waals surface area contributed by atoms with E-state index >= 15 is 0 Å². The van der Waals surface area contributed by atoms with Crippen molar-refractivity contribution >= 4 is 0 Å². The van der Waals surface area contributed by atoms with Gasteiger partial charge in [0.05, 0.1) is 12.1 Å². The van der Waals surface area contributed by atoms with E-state index in [-0.39, 0.29) is 6.04 Å². The Morgan fingerprint density at radius 1 is 1.43 bits per heavy atom. The van der Waals surface area contributed by atoms with Gasteiger partial charge in [-0.05, 0) is 51.9 Å². The van der Waals surface area contributed by atoms with Crippen LogP contribution in [0.1, 0.15) is 32.6 Å². The van der Waals surface area contributed by atoms with E-state index in [2.05, 4.69) is 16.3 Å². The minimum atomic E-state index is 0.0496. The van der Waals surface area contributed by atoms with Gasteiger partial charge < -0.3 is 10.2 Å². The molecular formula is C11H21N3. The maximum absolute atomic E-state index is 8.71. The second-order valence-corrected chi connectivity index (χ2v) is 3.95. The standard InChI is InChI=1S/C11H21N3/c1-2-11(10-12)13-6-5-9-14-7-3-4-8-14/h11,13H,2-9H2,1H3. The van der Waals surface area contributed by atoms with Crippen molar-refractivity contribution in [3.63, 3.8) is 0 Å². The van der Waals surface area contributed by atoms with E-state index in [0.29, 0.717) is 0 Å². The third-order valence-electron chi connectivity index (χ3n) is 2.80. The van der Waals surface area contributed by atoms with Gasteiger partial charge in [0.2, 0.25) is 0 Å². The van der Waals surface area contributed by atoms with Gasteiger partial charge in [-0.2, -0.15) is 5.26 Å². The summed E-state index contributed by atoms with van der Waals surface area (Å²) in [5, 5.41) is 12.0. The summed E-state index contributed by atoms with van der Waals surface area (Å²) >= 11 is 0. The van der Waals surface area contributed by atoms with E-state index in [1.165, 1.54) is 32.5 Å². The summed E-state index contributed by atoms with van der Waals surface area (Å²) in [5.41, 5.74) is 0. The molecule has 14 heavy (non-hydrogen) atoms. The summed E-state index contributed by atoms with van der Waals surface area (Å²) in [6.45, 7) is 6.75. The van der Waals surface area contributed by atoms with Crippen molar-refractivity contribution in [3.05, 3.63) is 0 Å². The van der Waals surface area contributed by atoms with Crippen LogP contribution >= 0.6 is 0 Å². The van der Waals surface area contributed by atoms with Gasteiger partial charge in [-0.15, -0.1) is 0 Å². The van der Waals surface area contributed by atoms with Crippen LogP contribution in [0.15, 0.2) is 0 Å². The molecule has 1 atom stereocenters. The highest BCUT2D eigenvalue weighted by atomic mass is 15.1. The van der Waals surface area contributed by atoms with Crippen LogP contribution in [0.4, 0.5) is 0 Å². The molecule has 0 aromatic carbocycles. The molecule has 0 spiro atoms. The Morgan fingerprint density at radius 3 is 2.71 bits per heavy atom. The Morgan fingerprint density at radius 2 is 2.14 bits per heavy atom. The molecule has 1 rings (SSSR count). The molecule has 1 unspecified atom stereocenters. The molecule has 0 bridgehead atoms. The zero-order valence-electron chi connectivity index (χ0n) is 9.13. The number of rotatable bonds is 6. The Balaban J connectivity index is 1.96. The number of hydrogen-bond acceptors (Lipinski definition) is 3. The third-order valence-corrected chi connectivity index (χ3v) is 2.80. The fraction of sp³-hybridized carbons (Fsp3) is 0.909.